The zero-order valence-electron chi connectivity index (χ0n) is 14.4. The van der Waals surface area contributed by atoms with Gasteiger partial charge in [-0.2, -0.15) is 5.26 Å². The van der Waals surface area contributed by atoms with Gasteiger partial charge in [-0.05, 0) is 54.7 Å². The normalized spacial score (nSPS) is 14.1. The van der Waals surface area contributed by atoms with Gasteiger partial charge in [0.2, 0.25) is 0 Å². The van der Waals surface area contributed by atoms with Gasteiger partial charge in [0.05, 0.1) is 11.6 Å². The van der Waals surface area contributed by atoms with Gasteiger partial charge < -0.3 is 10.2 Å². The molecule has 1 aliphatic rings. The molecule has 0 aromatic heterocycles. The largest absolute Gasteiger partial charge is 0.339 e. The van der Waals surface area contributed by atoms with E-state index in [0.717, 1.165) is 49.2 Å². The van der Waals surface area contributed by atoms with Crippen molar-refractivity contribution in [3.8, 4) is 6.07 Å². The Kier molecular flexibility index (Phi) is 5.81. The third-order valence-corrected chi connectivity index (χ3v) is 4.56. The van der Waals surface area contributed by atoms with E-state index >= 15 is 0 Å². The summed E-state index contributed by atoms with van der Waals surface area (Å²) in [6.07, 6.45) is 3.45. The van der Waals surface area contributed by atoms with Gasteiger partial charge in [0.1, 0.15) is 0 Å². The van der Waals surface area contributed by atoms with E-state index in [4.69, 9.17) is 5.26 Å². The van der Waals surface area contributed by atoms with Crippen molar-refractivity contribution in [3.63, 3.8) is 0 Å². The maximum atomic E-state index is 12.5. The van der Waals surface area contributed by atoms with Crippen LogP contribution in [0.3, 0.4) is 0 Å². The average Bonchev–Trinajstić information content (AvgIpc) is 2.69. The van der Waals surface area contributed by atoms with Gasteiger partial charge in [0.15, 0.2) is 0 Å². The van der Waals surface area contributed by atoms with E-state index in [-0.39, 0.29) is 5.91 Å². The van der Waals surface area contributed by atoms with Crippen LogP contribution in [-0.4, -0.2) is 23.9 Å². The predicted octanol–water partition coefficient (Wildman–Crippen LogP) is 3.47. The Balaban J connectivity index is 1.52. The number of amides is 1. The Morgan fingerprint density at radius 1 is 1.00 bits per heavy atom. The molecule has 0 bridgehead atoms. The number of nitrogens with one attached hydrogen (secondary N) is 1. The summed E-state index contributed by atoms with van der Waals surface area (Å²) in [7, 11) is 0. The summed E-state index contributed by atoms with van der Waals surface area (Å²) in [5.74, 6) is 0.146. The Morgan fingerprint density at radius 2 is 1.72 bits per heavy atom. The Bertz CT molecular complexity index is 755. The van der Waals surface area contributed by atoms with Crippen LogP contribution >= 0.6 is 0 Å². The first-order valence-corrected chi connectivity index (χ1v) is 8.84. The van der Waals surface area contributed by atoms with Gasteiger partial charge in [-0.25, -0.2) is 0 Å². The van der Waals surface area contributed by atoms with E-state index in [9.17, 15) is 4.79 Å². The molecule has 3 rings (SSSR count). The van der Waals surface area contributed by atoms with Gasteiger partial charge >= 0.3 is 0 Å². The Morgan fingerprint density at radius 3 is 2.44 bits per heavy atom. The summed E-state index contributed by atoms with van der Waals surface area (Å²) in [5, 5.41) is 12.3. The Hall–Kier alpha value is -2.64. The minimum absolute atomic E-state index is 0.146. The number of carbonyl (C=O) groups excluding carboxylic acids is 1. The van der Waals surface area contributed by atoms with E-state index in [0.29, 0.717) is 12.1 Å². The van der Waals surface area contributed by atoms with E-state index < -0.39 is 0 Å². The van der Waals surface area contributed by atoms with Gasteiger partial charge in [-0.1, -0.05) is 24.3 Å². The summed E-state index contributed by atoms with van der Waals surface area (Å²) in [5.41, 5.74) is 3.69. The second kappa shape index (κ2) is 8.46. The van der Waals surface area contributed by atoms with Crippen molar-refractivity contribution >= 4 is 5.91 Å². The average molecular weight is 333 g/mol. The van der Waals surface area contributed by atoms with Crippen LogP contribution in [0.2, 0.25) is 0 Å². The van der Waals surface area contributed by atoms with Crippen molar-refractivity contribution in [2.75, 3.05) is 13.1 Å². The number of hydrogen-bond donors (Lipinski definition) is 1. The smallest absolute Gasteiger partial charge is 0.253 e. The van der Waals surface area contributed by atoms with E-state index in [2.05, 4.69) is 11.4 Å². The van der Waals surface area contributed by atoms with Crippen molar-refractivity contribution in [3.05, 3.63) is 70.8 Å². The topological polar surface area (TPSA) is 56.1 Å². The number of nitriles is 1. The maximum Gasteiger partial charge on any atom is 0.253 e. The molecular formula is C21H23N3O. The molecule has 4 nitrogen and oxygen atoms in total. The first-order valence-electron chi connectivity index (χ1n) is 8.84. The zero-order chi connectivity index (χ0) is 17.5. The summed E-state index contributed by atoms with van der Waals surface area (Å²) >= 11 is 0. The van der Waals surface area contributed by atoms with Crippen molar-refractivity contribution in [2.45, 2.75) is 32.4 Å². The quantitative estimate of drug-likeness (QED) is 0.911. The van der Waals surface area contributed by atoms with Gasteiger partial charge in [-0.15, -0.1) is 0 Å². The molecule has 128 valence electrons. The molecule has 0 unspecified atom stereocenters. The highest BCUT2D eigenvalue weighted by Crippen LogP contribution is 2.14. The van der Waals surface area contributed by atoms with Gasteiger partial charge in [-0.3, -0.25) is 4.79 Å². The fourth-order valence-electron chi connectivity index (χ4n) is 3.15. The van der Waals surface area contributed by atoms with E-state index in [1.54, 1.807) is 0 Å². The molecule has 25 heavy (non-hydrogen) atoms. The Labute approximate surface area is 149 Å². The molecule has 0 spiro atoms. The van der Waals surface area contributed by atoms with Crippen LogP contribution in [-0.2, 0) is 13.1 Å². The summed E-state index contributed by atoms with van der Waals surface area (Å²) < 4.78 is 0. The lowest BCUT2D eigenvalue weighted by atomic mass is 10.1. The minimum atomic E-state index is 0.146. The lowest BCUT2D eigenvalue weighted by Crippen LogP contribution is -2.35. The molecular weight excluding hydrogens is 310 g/mol. The molecule has 1 amide bonds. The highest BCUT2D eigenvalue weighted by Gasteiger charge is 2.17. The second-order valence-corrected chi connectivity index (χ2v) is 6.47. The number of nitrogens with zero attached hydrogens (tertiary/aromatic N) is 2. The van der Waals surface area contributed by atoms with Crippen LogP contribution in [0.25, 0.3) is 0 Å². The molecule has 0 saturated carbocycles. The van der Waals surface area contributed by atoms with Crippen LogP contribution < -0.4 is 5.32 Å². The number of carbonyl (C=O) groups is 1. The number of piperidine rings is 1. The molecule has 0 atom stereocenters. The number of rotatable bonds is 5. The lowest BCUT2D eigenvalue weighted by Gasteiger charge is -2.26. The van der Waals surface area contributed by atoms with E-state index in [1.807, 2.05) is 53.4 Å². The molecule has 2 aromatic rings. The third kappa shape index (κ3) is 4.68. The van der Waals surface area contributed by atoms with Gasteiger partial charge in [0.25, 0.3) is 5.91 Å². The molecule has 1 heterocycles. The molecule has 0 radical (unpaired) electrons. The molecule has 1 aliphatic heterocycles. The third-order valence-electron chi connectivity index (χ3n) is 4.56. The van der Waals surface area contributed by atoms with Crippen molar-refractivity contribution in [2.24, 2.45) is 0 Å². The molecule has 1 fully saturated rings. The first-order chi connectivity index (χ1) is 12.3. The van der Waals surface area contributed by atoms with Gasteiger partial charge in [0, 0.05) is 31.7 Å². The van der Waals surface area contributed by atoms with Crippen molar-refractivity contribution in [1.82, 2.24) is 10.2 Å². The molecule has 1 N–H and O–H groups in total. The summed E-state index contributed by atoms with van der Waals surface area (Å²) in [6, 6.07) is 17.6. The molecule has 1 saturated heterocycles. The number of benzene rings is 2. The lowest BCUT2D eigenvalue weighted by molar-refractivity contribution is 0.0724. The monoisotopic (exact) mass is 333 g/mol. The van der Waals surface area contributed by atoms with Crippen LogP contribution in [0.1, 0.15) is 46.3 Å². The molecule has 2 aromatic carbocycles. The summed E-state index contributed by atoms with van der Waals surface area (Å²) in [6.45, 7) is 3.20. The fourth-order valence-corrected chi connectivity index (χ4v) is 3.15. The second-order valence-electron chi connectivity index (χ2n) is 6.47. The van der Waals surface area contributed by atoms with Crippen LogP contribution in [0.4, 0.5) is 0 Å². The molecule has 0 aliphatic carbocycles. The minimum Gasteiger partial charge on any atom is -0.339 e. The van der Waals surface area contributed by atoms with Crippen LogP contribution in [0.5, 0.6) is 0 Å². The van der Waals surface area contributed by atoms with Crippen molar-refractivity contribution < 1.29 is 4.79 Å². The van der Waals surface area contributed by atoms with Crippen LogP contribution in [0, 0.1) is 11.3 Å². The summed E-state index contributed by atoms with van der Waals surface area (Å²) in [4.78, 5) is 14.4. The SMILES string of the molecule is N#Cc1cccc(CNCc2ccc(C(=O)N3CCCCC3)cc2)c1. The standard InChI is InChI=1S/C21H23N3O/c22-14-18-5-4-6-19(13-18)16-23-15-17-7-9-20(10-8-17)21(25)24-11-2-1-3-12-24/h4-10,13,23H,1-3,11-12,15-16H2. The number of hydrogen-bond acceptors (Lipinski definition) is 3. The van der Waals surface area contributed by atoms with Crippen molar-refractivity contribution in [1.29, 1.82) is 5.26 Å². The number of likely N-dealkylation sites (tertiary alicyclic amines) is 1. The predicted molar refractivity (Wildman–Crippen MR) is 97.9 cm³/mol. The highest BCUT2D eigenvalue weighted by atomic mass is 16.2. The first kappa shape index (κ1) is 17.2. The highest BCUT2D eigenvalue weighted by molar-refractivity contribution is 5.94. The zero-order valence-corrected chi connectivity index (χ0v) is 14.4. The molecule has 4 heteroatoms. The van der Waals surface area contributed by atoms with E-state index in [1.165, 1.54) is 6.42 Å². The van der Waals surface area contributed by atoms with Crippen LogP contribution in [0.15, 0.2) is 48.5 Å². The fraction of sp³-hybridized carbons (Fsp3) is 0.333. The maximum absolute atomic E-state index is 12.5.